The summed E-state index contributed by atoms with van der Waals surface area (Å²) < 4.78 is 22.1. The molecule has 0 radical (unpaired) electrons. The van der Waals surface area contributed by atoms with Crippen molar-refractivity contribution < 1.29 is 8.42 Å². The molecule has 5 heteroatoms. The lowest BCUT2D eigenvalue weighted by Crippen LogP contribution is -2.25. The van der Waals surface area contributed by atoms with Gasteiger partial charge in [-0.1, -0.05) is 12.8 Å². The van der Waals surface area contributed by atoms with E-state index in [2.05, 4.69) is 11.2 Å². The summed E-state index contributed by atoms with van der Waals surface area (Å²) in [6, 6.07) is 0. The summed E-state index contributed by atoms with van der Waals surface area (Å²) in [6.07, 6.45) is 5.07. The Kier molecular flexibility index (Phi) is 8.05. The summed E-state index contributed by atoms with van der Waals surface area (Å²) in [4.78, 5) is 0. The van der Waals surface area contributed by atoms with Gasteiger partial charge < -0.3 is 5.32 Å². The van der Waals surface area contributed by atoms with Crippen molar-refractivity contribution >= 4 is 21.6 Å². The van der Waals surface area contributed by atoms with Crippen LogP contribution in [0.2, 0.25) is 0 Å². The average molecular weight is 235 g/mol. The highest BCUT2D eigenvalue weighted by molar-refractivity contribution is 7.99. The van der Waals surface area contributed by atoms with Gasteiger partial charge in [0.2, 0.25) is 0 Å². The molecule has 0 bridgehead atoms. The molecule has 0 fully saturated rings. The molecule has 0 amide bonds. The molecule has 0 rings (SSSR count). The fraction of sp³-hybridized carbons (Fsp3) is 0.778. The predicted molar refractivity (Wildman–Crippen MR) is 63.4 cm³/mol. The maximum absolute atomic E-state index is 11.1. The van der Waals surface area contributed by atoms with Crippen LogP contribution in [0.3, 0.4) is 0 Å². The van der Waals surface area contributed by atoms with Gasteiger partial charge in [0, 0.05) is 24.6 Å². The Morgan fingerprint density at radius 3 is 2.71 bits per heavy atom. The molecule has 0 aromatic rings. The third kappa shape index (κ3) is 8.42. The molecule has 0 saturated carbocycles. The van der Waals surface area contributed by atoms with E-state index in [1.54, 1.807) is 18.7 Å². The van der Waals surface area contributed by atoms with Gasteiger partial charge in [-0.25, -0.2) is 8.42 Å². The summed E-state index contributed by atoms with van der Waals surface area (Å²) >= 11 is 1.67. The third-order valence-electron chi connectivity index (χ3n) is 1.64. The van der Waals surface area contributed by atoms with Crippen molar-refractivity contribution in [2.24, 2.45) is 0 Å². The van der Waals surface area contributed by atoms with Gasteiger partial charge in [-0.15, -0.1) is 18.2 Å². The molecule has 1 N–H and O–H groups in total. The largest absolute Gasteiger partial charge is 0.315 e. The first-order chi connectivity index (χ1) is 6.62. The molecule has 0 aliphatic heterocycles. The van der Waals surface area contributed by atoms with E-state index in [1.165, 1.54) is 0 Å². The molecule has 14 heavy (non-hydrogen) atoms. The highest BCUT2D eigenvalue weighted by atomic mass is 32.2. The second-order valence-electron chi connectivity index (χ2n) is 2.74. The lowest BCUT2D eigenvalue weighted by atomic mass is 10.7. The number of terminal acetylenes is 1. The Bertz CT molecular complexity index is 267. The quantitative estimate of drug-likeness (QED) is 0.488. The first-order valence-corrected chi connectivity index (χ1v) is 7.52. The van der Waals surface area contributed by atoms with Gasteiger partial charge in [0.1, 0.15) is 0 Å². The molecule has 0 aromatic heterocycles. The number of hydrogen-bond donors (Lipinski definition) is 1. The fourth-order valence-corrected chi connectivity index (χ4v) is 2.07. The molecular formula is C9H17NO2S2. The van der Waals surface area contributed by atoms with Crippen LogP contribution in [0, 0.1) is 12.3 Å². The van der Waals surface area contributed by atoms with Crippen LogP contribution in [-0.2, 0) is 9.84 Å². The lowest BCUT2D eigenvalue weighted by Gasteiger charge is -2.03. The Morgan fingerprint density at radius 2 is 2.14 bits per heavy atom. The van der Waals surface area contributed by atoms with E-state index in [-0.39, 0.29) is 11.5 Å². The van der Waals surface area contributed by atoms with Gasteiger partial charge in [0.25, 0.3) is 0 Å². The zero-order valence-corrected chi connectivity index (χ0v) is 10.1. The van der Waals surface area contributed by atoms with Crippen LogP contribution in [0.1, 0.15) is 6.92 Å². The Morgan fingerprint density at radius 1 is 1.43 bits per heavy atom. The Labute approximate surface area is 91.0 Å². The van der Waals surface area contributed by atoms with Gasteiger partial charge in [-0.2, -0.15) is 0 Å². The van der Waals surface area contributed by atoms with E-state index < -0.39 is 9.84 Å². The van der Waals surface area contributed by atoms with Crippen molar-refractivity contribution in [1.29, 1.82) is 0 Å². The number of hydrogen-bond acceptors (Lipinski definition) is 4. The summed E-state index contributed by atoms with van der Waals surface area (Å²) in [5, 5.41) is 3.07. The summed E-state index contributed by atoms with van der Waals surface area (Å²) in [7, 11) is -2.82. The lowest BCUT2D eigenvalue weighted by molar-refractivity contribution is 0.593. The van der Waals surface area contributed by atoms with Crippen LogP contribution in [0.4, 0.5) is 0 Å². The van der Waals surface area contributed by atoms with Crippen molar-refractivity contribution in [3.8, 4) is 12.3 Å². The van der Waals surface area contributed by atoms with Crippen LogP contribution >= 0.6 is 11.8 Å². The summed E-state index contributed by atoms with van der Waals surface area (Å²) in [5.74, 6) is 4.62. The standard InChI is InChI=1S/C9H17NO2S2/c1-3-7-13-8-5-10-6-9-14(11,12)4-2/h1,10H,4-9H2,2H3. The molecule has 0 unspecified atom stereocenters. The minimum atomic E-state index is -2.82. The van der Waals surface area contributed by atoms with Crippen molar-refractivity contribution in [1.82, 2.24) is 5.32 Å². The van der Waals surface area contributed by atoms with Crippen molar-refractivity contribution in [2.75, 3.05) is 36.1 Å². The molecule has 0 spiro atoms. The average Bonchev–Trinajstić information content (AvgIpc) is 2.16. The van der Waals surface area contributed by atoms with Crippen molar-refractivity contribution in [3.63, 3.8) is 0 Å². The first-order valence-electron chi connectivity index (χ1n) is 4.54. The molecule has 0 aliphatic rings. The van der Waals surface area contributed by atoms with E-state index in [1.807, 2.05) is 0 Å². The van der Waals surface area contributed by atoms with Crippen LogP contribution in [-0.4, -0.2) is 44.5 Å². The maximum atomic E-state index is 11.1. The van der Waals surface area contributed by atoms with Crippen LogP contribution in [0.15, 0.2) is 0 Å². The van der Waals surface area contributed by atoms with E-state index in [4.69, 9.17) is 6.42 Å². The van der Waals surface area contributed by atoms with E-state index in [0.29, 0.717) is 6.54 Å². The molecule has 0 aliphatic carbocycles. The minimum absolute atomic E-state index is 0.223. The monoisotopic (exact) mass is 235 g/mol. The summed E-state index contributed by atoms with van der Waals surface area (Å²) in [6.45, 7) is 3.01. The van der Waals surface area contributed by atoms with Gasteiger partial charge in [0.05, 0.1) is 11.5 Å². The number of rotatable bonds is 8. The molecule has 0 aromatic carbocycles. The molecule has 0 atom stereocenters. The fourth-order valence-electron chi connectivity index (χ4n) is 0.772. The minimum Gasteiger partial charge on any atom is -0.315 e. The second-order valence-corrected chi connectivity index (χ2v) is 6.32. The molecule has 0 saturated heterocycles. The topological polar surface area (TPSA) is 46.2 Å². The zero-order valence-electron chi connectivity index (χ0n) is 8.45. The van der Waals surface area contributed by atoms with Gasteiger partial charge in [0.15, 0.2) is 9.84 Å². The maximum Gasteiger partial charge on any atom is 0.151 e. The van der Waals surface area contributed by atoms with E-state index in [0.717, 1.165) is 18.1 Å². The normalized spacial score (nSPS) is 11.1. The third-order valence-corrected chi connectivity index (χ3v) is 4.21. The first kappa shape index (κ1) is 13.8. The molecule has 82 valence electrons. The number of nitrogens with one attached hydrogen (secondary N) is 1. The second kappa shape index (κ2) is 8.16. The highest BCUT2D eigenvalue weighted by Crippen LogP contribution is 1.95. The smallest absolute Gasteiger partial charge is 0.151 e. The zero-order chi connectivity index (χ0) is 10.9. The van der Waals surface area contributed by atoms with Crippen molar-refractivity contribution in [3.05, 3.63) is 0 Å². The molecular weight excluding hydrogens is 218 g/mol. The Balaban J connectivity index is 3.27. The SMILES string of the molecule is C#CCSCCNCCS(=O)(=O)CC. The Hall–Kier alpha value is -0.180. The van der Waals surface area contributed by atoms with Crippen LogP contribution in [0.5, 0.6) is 0 Å². The highest BCUT2D eigenvalue weighted by Gasteiger charge is 2.05. The molecule has 3 nitrogen and oxygen atoms in total. The van der Waals surface area contributed by atoms with Crippen molar-refractivity contribution in [2.45, 2.75) is 6.92 Å². The number of thioether (sulfide) groups is 1. The van der Waals surface area contributed by atoms with Crippen LogP contribution < -0.4 is 5.32 Å². The number of sulfone groups is 1. The van der Waals surface area contributed by atoms with Gasteiger partial charge in [-0.3, -0.25) is 0 Å². The van der Waals surface area contributed by atoms with Gasteiger partial charge in [-0.05, 0) is 0 Å². The van der Waals surface area contributed by atoms with E-state index >= 15 is 0 Å². The van der Waals surface area contributed by atoms with Gasteiger partial charge >= 0.3 is 0 Å². The molecule has 0 heterocycles. The summed E-state index contributed by atoms with van der Waals surface area (Å²) in [5.41, 5.74) is 0. The predicted octanol–water partition coefficient (Wildman–Crippen LogP) is 0.377. The van der Waals surface area contributed by atoms with Crippen LogP contribution in [0.25, 0.3) is 0 Å². The van der Waals surface area contributed by atoms with E-state index in [9.17, 15) is 8.42 Å².